The second-order valence-electron chi connectivity index (χ2n) is 5.71. The lowest BCUT2D eigenvalue weighted by Crippen LogP contribution is -2.02. The zero-order valence-corrected chi connectivity index (χ0v) is 15.5. The molecule has 1 atom stereocenters. The molecule has 0 fully saturated rings. The Labute approximate surface area is 154 Å². The molecule has 3 rings (SSSR count). The van der Waals surface area contributed by atoms with Gasteiger partial charge in [0.2, 0.25) is 0 Å². The van der Waals surface area contributed by atoms with Crippen LogP contribution in [-0.4, -0.2) is 23.9 Å². The predicted molar refractivity (Wildman–Crippen MR) is 105 cm³/mol. The van der Waals surface area contributed by atoms with E-state index in [2.05, 4.69) is 22.9 Å². The van der Waals surface area contributed by atoms with Crippen molar-refractivity contribution in [1.82, 2.24) is 0 Å². The largest absolute Gasteiger partial charge is 0.495 e. The summed E-state index contributed by atoms with van der Waals surface area (Å²) >= 11 is 6.18. The Bertz CT molecular complexity index is 822. The highest BCUT2D eigenvalue weighted by molar-refractivity contribution is 8.20. The van der Waals surface area contributed by atoms with Gasteiger partial charge in [-0.3, -0.25) is 4.79 Å². The fourth-order valence-corrected chi connectivity index (χ4v) is 5.18. The van der Waals surface area contributed by atoms with E-state index in [1.54, 1.807) is 7.11 Å². The number of carbonyl (C=O) groups is 1. The van der Waals surface area contributed by atoms with E-state index in [0.717, 1.165) is 11.3 Å². The molecule has 0 saturated heterocycles. The van der Waals surface area contributed by atoms with Gasteiger partial charge in [0.05, 0.1) is 18.6 Å². The van der Waals surface area contributed by atoms with Gasteiger partial charge >= 0.3 is 5.97 Å². The molecule has 1 unspecified atom stereocenters. The molecule has 0 saturated carbocycles. The predicted octanol–water partition coefficient (Wildman–Crippen LogP) is 4.78. The number of thiol groups is 1. The van der Waals surface area contributed by atoms with E-state index in [4.69, 9.17) is 21.4 Å². The maximum absolute atomic E-state index is 10.8. The Balaban J connectivity index is 1.71. The van der Waals surface area contributed by atoms with Crippen molar-refractivity contribution in [3.63, 3.8) is 0 Å². The summed E-state index contributed by atoms with van der Waals surface area (Å²) in [5.74, 6) is 0.610. The van der Waals surface area contributed by atoms with Crippen LogP contribution in [0.25, 0.3) is 6.08 Å². The molecule has 1 heterocycles. The average molecular weight is 378 g/mol. The number of fused-ring (bicyclic) bond motifs is 1. The molecule has 0 bridgehead atoms. The summed E-state index contributed by atoms with van der Waals surface area (Å²) in [5.41, 5.74) is 3.29. The molecule has 4 nitrogen and oxygen atoms in total. The number of nitrogens with one attached hydrogen (secondary N) is 1. The normalized spacial score (nSPS) is 16.5. The van der Waals surface area contributed by atoms with Gasteiger partial charge in [-0.2, -0.15) is 0 Å². The third-order valence-electron chi connectivity index (χ3n) is 4.08. The van der Waals surface area contributed by atoms with E-state index in [0.29, 0.717) is 23.1 Å². The summed E-state index contributed by atoms with van der Waals surface area (Å²) in [6, 6.07) is 11.9. The minimum atomic E-state index is -0.741. The first-order chi connectivity index (χ1) is 12.1. The van der Waals surface area contributed by atoms with E-state index in [9.17, 15) is 4.79 Å². The molecule has 0 spiro atoms. The lowest BCUT2D eigenvalue weighted by Gasteiger charge is -2.16. The third-order valence-corrected chi connectivity index (χ3v) is 6.60. The Hall–Kier alpha value is -2.11. The van der Waals surface area contributed by atoms with Gasteiger partial charge in [0.25, 0.3) is 0 Å². The minimum absolute atomic E-state index is 0.206. The van der Waals surface area contributed by atoms with Crippen LogP contribution in [0.4, 0.5) is 5.69 Å². The lowest BCUT2D eigenvalue weighted by molar-refractivity contribution is -0.136. The van der Waals surface area contributed by atoms with Gasteiger partial charge in [-0.1, -0.05) is 23.7 Å². The van der Waals surface area contributed by atoms with Crippen LogP contribution >= 0.6 is 22.5 Å². The second kappa shape index (κ2) is 7.85. The van der Waals surface area contributed by atoms with Gasteiger partial charge in [-0.25, -0.2) is 10.9 Å². The molecule has 0 aliphatic carbocycles. The third kappa shape index (κ3) is 4.11. The van der Waals surface area contributed by atoms with E-state index < -0.39 is 16.9 Å². The first kappa shape index (κ1) is 17.7. The number of hydrogen-bond acceptors (Lipinski definition) is 3. The van der Waals surface area contributed by atoms with Crippen molar-refractivity contribution in [3.05, 3.63) is 58.0 Å². The molecular weight excluding hydrogens is 358 g/mol. The number of rotatable bonds is 7. The van der Waals surface area contributed by atoms with Crippen molar-refractivity contribution in [1.29, 1.82) is 0 Å². The van der Waals surface area contributed by atoms with E-state index >= 15 is 0 Å². The zero-order valence-electron chi connectivity index (χ0n) is 13.8. The zero-order chi connectivity index (χ0) is 17.8. The number of hydrogen-bond donors (Lipinski definition) is 3. The molecule has 0 radical (unpaired) electrons. The highest BCUT2D eigenvalue weighted by Crippen LogP contribution is 2.48. The number of carboxylic acid groups (broad SMARTS) is 1. The van der Waals surface area contributed by atoms with Crippen LogP contribution in [0, 0.1) is 0 Å². The smallest absolute Gasteiger partial charge is 0.304 e. The monoisotopic (exact) mass is 377 g/mol. The summed E-state index contributed by atoms with van der Waals surface area (Å²) in [6.07, 6.45) is 2.31. The molecule has 132 valence electrons. The number of benzene rings is 2. The second-order valence-corrected chi connectivity index (χ2v) is 8.29. The van der Waals surface area contributed by atoms with Crippen molar-refractivity contribution in [2.45, 2.75) is 17.9 Å². The molecule has 2 aromatic rings. The van der Waals surface area contributed by atoms with Crippen molar-refractivity contribution in [2.24, 2.45) is 0 Å². The fraction of sp³-hybridized carbons (Fsp3) is 0.211. The van der Waals surface area contributed by atoms with E-state index in [1.165, 1.54) is 10.5 Å². The van der Waals surface area contributed by atoms with Crippen LogP contribution < -0.4 is 10.1 Å². The molecule has 25 heavy (non-hydrogen) atoms. The average Bonchev–Trinajstić information content (AvgIpc) is 3.02. The number of ether oxygens (including phenoxy) is 1. The van der Waals surface area contributed by atoms with Crippen LogP contribution in [-0.2, 0) is 11.3 Å². The standard InChI is InChI=1S/C19H20ClNO3S/c1-24-17-6-5-13(11-15(17)20)12-21-16-3-2-4-18-14(16)7-9-25(18)10-8-19(22)23/h2-7,9,11,21,25H,8,10,12H2,1H3,(H,22,23). The first-order valence-corrected chi connectivity index (χ1v) is 9.92. The van der Waals surface area contributed by atoms with Crippen LogP contribution in [0.1, 0.15) is 17.5 Å². The number of methoxy groups -OCH3 is 1. The summed E-state index contributed by atoms with van der Waals surface area (Å²) in [5, 5.41) is 15.1. The van der Waals surface area contributed by atoms with Gasteiger partial charge in [-0.15, -0.1) is 0 Å². The van der Waals surface area contributed by atoms with Crippen LogP contribution in [0.15, 0.2) is 46.7 Å². The van der Waals surface area contributed by atoms with Crippen molar-refractivity contribution >= 4 is 40.2 Å². The van der Waals surface area contributed by atoms with Gasteiger partial charge in [0, 0.05) is 22.7 Å². The minimum Gasteiger partial charge on any atom is -0.495 e. The Morgan fingerprint density at radius 3 is 2.88 bits per heavy atom. The van der Waals surface area contributed by atoms with E-state index in [-0.39, 0.29) is 6.42 Å². The summed E-state index contributed by atoms with van der Waals surface area (Å²) in [4.78, 5) is 12.1. The molecule has 0 amide bonds. The van der Waals surface area contributed by atoms with Crippen LogP contribution in [0.5, 0.6) is 5.75 Å². The van der Waals surface area contributed by atoms with Crippen molar-refractivity contribution in [3.8, 4) is 5.75 Å². The Morgan fingerprint density at radius 2 is 2.16 bits per heavy atom. The first-order valence-electron chi connectivity index (χ1n) is 7.94. The topological polar surface area (TPSA) is 58.6 Å². The summed E-state index contributed by atoms with van der Waals surface area (Å²) in [6.45, 7) is 0.654. The molecule has 2 aromatic carbocycles. The molecule has 1 aliphatic heterocycles. The van der Waals surface area contributed by atoms with Crippen molar-refractivity contribution in [2.75, 3.05) is 18.2 Å². The van der Waals surface area contributed by atoms with Gasteiger partial charge in [0.15, 0.2) is 0 Å². The number of aliphatic carboxylic acids is 1. The fourth-order valence-electron chi connectivity index (χ4n) is 2.81. The van der Waals surface area contributed by atoms with Crippen LogP contribution in [0.2, 0.25) is 5.02 Å². The number of halogens is 1. The highest BCUT2D eigenvalue weighted by Gasteiger charge is 2.17. The maximum Gasteiger partial charge on any atom is 0.304 e. The van der Waals surface area contributed by atoms with E-state index in [1.807, 2.05) is 30.3 Å². The molecule has 2 N–H and O–H groups in total. The van der Waals surface area contributed by atoms with Gasteiger partial charge < -0.3 is 15.2 Å². The maximum atomic E-state index is 10.8. The molecule has 1 aliphatic rings. The summed E-state index contributed by atoms with van der Waals surface area (Å²) in [7, 11) is 1.07. The van der Waals surface area contributed by atoms with Gasteiger partial charge in [-0.05, 0) is 47.1 Å². The molecule has 6 heteroatoms. The quantitative estimate of drug-likeness (QED) is 0.608. The van der Waals surface area contributed by atoms with Gasteiger partial charge in [0.1, 0.15) is 5.75 Å². The SMILES string of the molecule is COc1ccc(CNc2cccc3c2C=C[SH]3CCC(=O)O)cc1Cl. The van der Waals surface area contributed by atoms with Crippen LogP contribution in [0.3, 0.4) is 0 Å². The summed E-state index contributed by atoms with van der Waals surface area (Å²) < 4.78 is 5.17. The molecule has 0 aromatic heterocycles. The van der Waals surface area contributed by atoms with Crippen molar-refractivity contribution < 1.29 is 14.6 Å². The Morgan fingerprint density at radius 1 is 1.32 bits per heavy atom. The molecular formula is C19H20ClNO3S. The number of anilines is 1. The highest BCUT2D eigenvalue weighted by atomic mass is 35.5. The Kier molecular flexibility index (Phi) is 5.56. The number of carboxylic acids is 1. The lowest BCUT2D eigenvalue weighted by atomic mass is 10.1.